The maximum absolute atomic E-state index is 13.5. The molecule has 3 aromatic heterocycles. The summed E-state index contributed by atoms with van der Waals surface area (Å²) in [5, 5.41) is 4.94. The zero-order valence-corrected chi connectivity index (χ0v) is 14.7. The summed E-state index contributed by atoms with van der Waals surface area (Å²) < 4.78 is 16.5. The van der Waals surface area contributed by atoms with E-state index in [1.54, 1.807) is 29.8 Å². The fraction of sp³-hybridized carbons (Fsp3) is 0.100. The van der Waals surface area contributed by atoms with E-state index in [2.05, 4.69) is 10.3 Å². The largest absolute Gasteiger partial charge is 0.347 e. The van der Waals surface area contributed by atoms with Crippen LogP contribution in [0.5, 0.6) is 0 Å². The van der Waals surface area contributed by atoms with Crippen molar-refractivity contribution in [2.45, 2.75) is 13.1 Å². The van der Waals surface area contributed by atoms with E-state index < -0.39 is 0 Å². The molecule has 0 aliphatic heterocycles. The standard InChI is InChI=1S/C20H16FN3OS/c21-16-3-1-2-15(10-16)13-24-17-6-9-26-19(17)11-18(24)20(25)23-12-14-4-7-22-8-5-14/h1-11H,12-13H2,(H,23,25). The second kappa shape index (κ2) is 7.09. The molecule has 1 amide bonds. The second-order valence-electron chi connectivity index (χ2n) is 5.95. The monoisotopic (exact) mass is 365 g/mol. The van der Waals surface area contributed by atoms with E-state index in [-0.39, 0.29) is 11.7 Å². The maximum atomic E-state index is 13.5. The van der Waals surface area contributed by atoms with Crippen LogP contribution >= 0.6 is 11.3 Å². The van der Waals surface area contributed by atoms with Crippen LogP contribution in [-0.4, -0.2) is 15.5 Å². The van der Waals surface area contributed by atoms with E-state index in [9.17, 15) is 9.18 Å². The molecule has 0 aliphatic rings. The van der Waals surface area contributed by atoms with Gasteiger partial charge in [0.25, 0.3) is 5.91 Å². The summed E-state index contributed by atoms with van der Waals surface area (Å²) in [6, 6.07) is 14.1. The number of nitrogens with one attached hydrogen (secondary N) is 1. The molecule has 1 aromatic carbocycles. The van der Waals surface area contributed by atoms with Gasteiger partial charge in [-0.1, -0.05) is 12.1 Å². The Labute approximate surface area is 153 Å². The molecule has 4 nitrogen and oxygen atoms in total. The number of hydrogen-bond donors (Lipinski definition) is 1. The molecule has 4 aromatic rings. The zero-order chi connectivity index (χ0) is 17.9. The smallest absolute Gasteiger partial charge is 0.268 e. The topological polar surface area (TPSA) is 46.9 Å². The average molecular weight is 365 g/mol. The summed E-state index contributed by atoms with van der Waals surface area (Å²) in [4.78, 5) is 16.7. The Balaban J connectivity index is 1.62. The molecule has 26 heavy (non-hydrogen) atoms. The van der Waals surface area contributed by atoms with Crippen molar-refractivity contribution in [3.8, 4) is 0 Å². The number of carbonyl (C=O) groups excluding carboxylic acids is 1. The van der Waals surface area contributed by atoms with Gasteiger partial charge < -0.3 is 9.88 Å². The molecule has 0 bridgehead atoms. The molecule has 0 fully saturated rings. The lowest BCUT2D eigenvalue weighted by Crippen LogP contribution is -2.25. The fourth-order valence-electron chi connectivity index (χ4n) is 2.93. The minimum Gasteiger partial charge on any atom is -0.347 e. The van der Waals surface area contributed by atoms with Crippen molar-refractivity contribution in [1.29, 1.82) is 0 Å². The van der Waals surface area contributed by atoms with Crippen LogP contribution in [-0.2, 0) is 13.1 Å². The summed E-state index contributed by atoms with van der Waals surface area (Å²) in [5.41, 5.74) is 3.36. The SMILES string of the molecule is O=C(NCc1ccncc1)c1cc2sccc2n1Cc1cccc(F)c1. The molecular formula is C20H16FN3OS. The van der Waals surface area contributed by atoms with Gasteiger partial charge in [0, 0.05) is 25.5 Å². The van der Waals surface area contributed by atoms with Crippen molar-refractivity contribution in [2.24, 2.45) is 0 Å². The number of thiophene rings is 1. The van der Waals surface area contributed by atoms with Crippen LogP contribution in [0.1, 0.15) is 21.6 Å². The average Bonchev–Trinajstić information content (AvgIpc) is 3.23. The van der Waals surface area contributed by atoms with E-state index in [4.69, 9.17) is 0 Å². The first-order chi connectivity index (χ1) is 12.7. The highest BCUT2D eigenvalue weighted by atomic mass is 32.1. The third kappa shape index (κ3) is 3.36. The molecular weight excluding hydrogens is 349 g/mol. The third-order valence-corrected chi connectivity index (χ3v) is 5.04. The van der Waals surface area contributed by atoms with E-state index >= 15 is 0 Å². The van der Waals surface area contributed by atoms with Gasteiger partial charge in [-0.3, -0.25) is 9.78 Å². The first-order valence-electron chi connectivity index (χ1n) is 8.19. The minimum absolute atomic E-state index is 0.151. The van der Waals surface area contributed by atoms with Crippen molar-refractivity contribution in [1.82, 2.24) is 14.9 Å². The molecule has 1 N–H and O–H groups in total. The Morgan fingerprint density at radius 1 is 1.12 bits per heavy atom. The molecule has 0 saturated carbocycles. The summed E-state index contributed by atoms with van der Waals surface area (Å²) in [5.74, 6) is -0.429. The second-order valence-corrected chi connectivity index (χ2v) is 6.90. The summed E-state index contributed by atoms with van der Waals surface area (Å²) in [6.07, 6.45) is 3.40. The van der Waals surface area contributed by atoms with Crippen LogP contribution in [0.4, 0.5) is 4.39 Å². The van der Waals surface area contributed by atoms with Crippen LogP contribution in [0.25, 0.3) is 10.2 Å². The van der Waals surface area contributed by atoms with Gasteiger partial charge in [-0.2, -0.15) is 0 Å². The van der Waals surface area contributed by atoms with Gasteiger partial charge in [0.15, 0.2) is 0 Å². The number of halogens is 1. The van der Waals surface area contributed by atoms with Crippen molar-refractivity contribution >= 4 is 27.5 Å². The Bertz CT molecular complexity index is 1060. The van der Waals surface area contributed by atoms with Gasteiger partial charge in [-0.25, -0.2) is 4.39 Å². The lowest BCUT2D eigenvalue weighted by Gasteiger charge is -2.11. The quantitative estimate of drug-likeness (QED) is 0.576. The normalized spacial score (nSPS) is 11.0. The molecule has 6 heteroatoms. The molecule has 3 heterocycles. The summed E-state index contributed by atoms with van der Waals surface area (Å²) in [6.45, 7) is 0.871. The Hall–Kier alpha value is -2.99. The number of hydrogen-bond acceptors (Lipinski definition) is 3. The lowest BCUT2D eigenvalue weighted by molar-refractivity contribution is 0.0942. The molecule has 0 radical (unpaired) electrons. The highest BCUT2D eigenvalue weighted by Crippen LogP contribution is 2.26. The first kappa shape index (κ1) is 16.5. The number of pyridine rings is 1. The molecule has 130 valence electrons. The van der Waals surface area contributed by atoms with Crippen LogP contribution in [0.2, 0.25) is 0 Å². The number of aromatic nitrogens is 2. The highest BCUT2D eigenvalue weighted by molar-refractivity contribution is 7.17. The molecule has 0 atom stereocenters. The number of benzene rings is 1. The number of nitrogens with zero attached hydrogens (tertiary/aromatic N) is 2. The van der Waals surface area contributed by atoms with Crippen LogP contribution in [0.3, 0.4) is 0 Å². The van der Waals surface area contributed by atoms with Gasteiger partial charge in [0.2, 0.25) is 0 Å². The summed E-state index contributed by atoms with van der Waals surface area (Å²) >= 11 is 1.58. The Morgan fingerprint density at radius 3 is 2.77 bits per heavy atom. The molecule has 0 aliphatic carbocycles. The van der Waals surface area contributed by atoms with Crippen molar-refractivity contribution in [3.63, 3.8) is 0 Å². The van der Waals surface area contributed by atoms with Crippen molar-refractivity contribution < 1.29 is 9.18 Å². The van der Waals surface area contributed by atoms with E-state index in [1.165, 1.54) is 12.1 Å². The highest BCUT2D eigenvalue weighted by Gasteiger charge is 2.16. The van der Waals surface area contributed by atoms with Crippen molar-refractivity contribution in [2.75, 3.05) is 0 Å². The first-order valence-corrected chi connectivity index (χ1v) is 9.07. The predicted octanol–water partition coefficient (Wildman–Crippen LogP) is 4.22. The lowest BCUT2D eigenvalue weighted by atomic mass is 10.2. The molecule has 0 unspecified atom stereocenters. The molecule has 4 rings (SSSR count). The zero-order valence-electron chi connectivity index (χ0n) is 13.9. The van der Waals surface area contributed by atoms with E-state index in [0.717, 1.165) is 21.3 Å². The van der Waals surface area contributed by atoms with E-state index in [1.807, 2.05) is 40.3 Å². The number of fused-ring (bicyclic) bond motifs is 1. The van der Waals surface area contributed by atoms with Crippen LogP contribution in [0.15, 0.2) is 66.3 Å². The number of rotatable bonds is 5. The Kier molecular flexibility index (Phi) is 4.50. The maximum Gasteiger partial charge on any atom is 0.268 e. The van der Waals surface area contributed by atoms with Gasteiger partial charge in [-0.05, 0) is 52.9 Å². The van der Waals surface area contributed by atoms with Gasteiger partial charge in [-0.15, -0.1) is 11.3 Å². The van der Waals surface area contributed by atoms with Gasteiger partial charge >= 0.3 is 0 Å². The predicted molar refractivity (Wildman–Crippen MR) is 101 cm³/mol. The number of carbonyl (C=O) groups is 1. The number of amides is 1. The molecule has 0 saturated heterocycles. The summed E-state index contributed by atoms with van der Waals surface area (Å²) in [7, 11) is 0. The van der Waals surface area contributed by atoms with Gasteiger partial charge in [0.1, 0.15) is 11.5 Å². The van der Waals surface area contributed by atoms with Gasteiger partial charge in [0.05, 0.1) is 10.2 Å². The Morgan fingerprint density at radius 2 is 1.96 bits per heavy atom. The van der Waals surface area contributed by atoms with Crippen LogP contribution < -0.4 is 5.32 Å². The fourth-order valence-corrected chi connectivity index (χ4v) is 3.75. The minimum atomic E-state index is -0.278. The third-order valence-electron chi connectivity index (χ3n) is 4.19. The van der Waals surface area contributed by atoms with Crippen LogP contribution in [0, 0.1) is 5.82 Å². The van der Waals surface area contributed by atoms with E-state index in [0.29, 0.717) is 18.8 Å². The van der Waals surface area contributed by atoms with Crippen molar-refractivity contribution in [3.05, 3.63) is 88.9 Å². The molecule has 0 spiro atoms.